The second-order valence-corrected chi connectivity index (χ2v) is 5.44. The van der Waals surface area contributed by atoms with Crippen LogP contribution in [0.15, 0.2) is 40.9 Å². The van der Waals surface area contributed by atoms with E-state index in [1.54, 1.807) is 21.3 Å². The molecule has 0 aromatic heterocycles. The lowest BCUT2D eigenvalue weighted by atomic mass is 10.1. The summed E-state index contributed by atoms with van der Waals surface area (Å²) in [6.07, 6.45) is 0. The summed E-state index contributed by atoms with van der Waals surface area (Å²) in [7, 11) is 4.78. The topological polar surface area (TPSA) is 36.9 Å². The Morgan fingerprint density at radius 2 is 1.55 bits per heavy atom. The van der Waals surface area contributed by atoms with Crippen LogP contribution in [0.4, 0.5) is 0 Å². The molecule has 0 radical (unpaired) electrons. The van der Waals surface area contributed by atoms with Gasteiger partial charge in [-0.3, -0.25) is 0 Å². The van der Waals surface area contributed by atoms with Crippen LogP contribution in [0.1, 0.15) is 11.1 Å². The molecule has 0 spiro atoms. The Labute approximate surface area is 139 Å². The van der Waals surface area contributed by atoms with Gasteiger partial charge in [-0.2, -0.15) is 0 Å². The molecule has 0 aliphatic carbocycles. The molecule has 5 heteroatoms. The molecule has 0 saturated carbocycles. The Balaban J connectivity index is 2.19. The number of ether oxygens (including phenoxy) is 4. The minimum absolute atomic E-state index is 0.402. The van der Waals surface area contributed by atoms with E-state index in [9.17, 15) is 0 Å². The van der Waals surface area contributed by atoms with Crippen molar-refractivity contribution in [3.63, 3.8) is 0 Å². The third-order valence-electron chi connectivity index (χ3n) is 3.24. The van der Waals surface area contributed by atoms with Crippen molar-refractivity contribution in [1.29, 1.82) is 0 Å². The van der Waals surface area contributed by atoms with Gasteiger partial charge in [0.25, 0.3) is 0 Å². The van der Waals surface area contributed by atoms with Crippen molar-refractivity contribution in [1.82, 2.24) is 0 Å². The van der Waals surface area contributed by atoms with Gasteiger partial charge in [0.15, 0.2) is 11.5 Å². The van der Waals surface area contributed by atoms with Crippen LogP contribution in [0, 0.1) is 0 Å². The summed E-state index contributed by atoms with van der Waals surface area (Å²) in [6, 6.07) is 11.9. The second kappa shape index (κ2) is 8.06. The summed E-state index contributed by atoms with van der Waals surface area (Å²) in [5.41, 5.74) is 2.01. The highest BCUT2D eigenvalue weighted by molar-refractivity contribution is 9.10. The van der Waals surface area contributed by atoms with Gasteiger partial charge in [-0.25, -0.2) is 0 Å². The van der Waals surface area contributed by atoms with Crippen molar-refractivity contribution >= 4 is 15.9 Å². The first kappa shape index (κ1) is 16.6. The zero-order valence-electron chi connectivity index (χ0n) is 12.9. The third kappa shape index (κ3) is 3.72. The standard InChI is InChI=1S/C17H19BrO4/c1-19-15-9-14(18)13(16(20-2)17(15)21-3)11-22-10-12-7-5-4-6-8-12/h4-9H,10-11H2,1-3H3. The van der Waals surface area contributed by atoms with Gasteiger partial charge in [0.2, 0.25) is 5.75 Å². The number of benzene rings is 2. The maximum Gasteiger partial charge on any atom is 0.203 e. The molecule has 0 aliphatic heterocycles. The first-order chi connectivity index (χ1) is 10.7. The fourth-order valence-electron chi connectivity index (χ4n) is 2.17. The van der Waals surface area contributed by atoms with Crippen molar-refractivity contribution in [2.24, 2.45) is 0 Å². The Bertz CT molecular complexity index is 614. The van der Waals surface area contributed by atoms with E-state index < -0.39 is 0 Å². The van der Waals surface area contributed by atoms with Gasteiger partial charge in [-0.1, -0.05) is 46.3 Å². The van der Waals surface area contributed by atoms with Crippen molar-refractivity contribution in [2.45, 2.75) is 13.2 Å². The summed E-state index contributed by atoms with van der Waals surface area (Å²) in [6.45, 7) is 0.934. The summed E-state index contributed by atoms with van der Waals surface area (Å²) in [5, 5.41) is 0. The van der Waals surface area contributed by atoms with Gasteiger partial charge in [0, 0.05) is 10.0 Å². The summed E-state index contributed by atoms with van der Waals surface area (Å²) in [4.78, 5) is 0. The fraction of sp³-hybridized carbons (Fsp3) is 0.294. The van der Waals surface area contributed by atoms with Crippen molar-refractivity contribution in [3.8, 4) is 17.2 Å². The average Bonchev–Trinajstić information content (AvgIpc) is 2.56. The Morgan fingerprint density at radius 1 is 0.864 bits per heavy atom. The second-order valence-electron chi connectivity index (χ2n) is 4.58. The normalized spacial score (nSPS) is 10.4. The molecule has 0 unspecified atom stereocenters. The van der Waals surface area contributed by atoms with Crippen LogP contribution in [-0.2, 0) is 18.0 Å². The van der Waals surface area contributed by atoms with Crippen LogP contribution in [0.2, 0.25) is 0 Å². The lowest BCUT2D eigenvalue weighted by molar-refractivity contribution is 0.104. The molecule has 2 aromatic carbocycles. The molecule has 22 heavy (non-hydrogen) atoms. The zero-order chi connectivity index (χ0) is 15.9. The quantitative estimate of drug-likeness (QED) is 0.735. The molecule has 0 bridgehead atoms. The van der Waals surface area contributed by atoms with E-state index in [1.165, 1.54) is 0 Å². The average molecular weight is 367 g/mol. The number of hydrogen-bond donors (Lipinski definition) is 0. The highest BCUT2D eigenvalue weighted by Crippen LogP contribution is 2.44. The number of hydrogen-bond acceptors (Lipinski definition) is 4. The fourth-order valence-corrected chi connectivity index (χ4v) is 2.67. The van der Waals surface area contributed by atoms with Crippen LogP contribution >= 0.6 is 15.9 Å². The van der Waals surface area contributed by atoms with E-state index in [4.69, 9.17) is 18.9 Å². The summed E-state index contributed by atoms with van der Waals surface area (Å²) in [5.74, 6) is 1.78. The van der Waals surface area contributed by atoms with Gasteiger partial charge in [0.05, 0.1) is 34.5 Å². The van der Waals surface area contributed by atoms with E-state index in [0.717, 1.165) is 15.6 Å². The van der Waals surface area contributed by atoms with Crippen LogP contribution in [0.25, 0.3) is 0 Å². The molecule has 0 fully saturated rings. The minimum atomic E-state index is 0.402. The predicted octanol–water partition coefficient (Wildman–Crippen LogP) is 4.19. The largest absolute Gasteiger partial charge is 0.493 e. The first-order valence-electron chi connectivity index (χ1n) is 6.80. The van der Waals surface area contributed by atoms with Crippen molar-refractivity contribution in [2.75, 3.05) is 21.3 Å². The maximum atomic E-state index is 5.80. The van der Waals surface area contributed by atoms with Crippen LogP contribution in [0.5, 0.6) is 17.2 Å². The van der Waals surface area contributed by atoms with Crippen LogP contribution in [0.3, 0.4) is 0 Å². The molecule has 0 aliphatic rings. The Hall–Kier alpha value is -1.72. The molecule has 0 atom stereocenters. The van der Waals surface area contributed by atoms with E-state index in [0.29, 0.717) is 30.5 Å². The molecule has 0 saturated heterocycles. The molecule has 4 nitrogen and oxygen atoms in total. The molecule has 0 heterocycles. The smallest absolute Gasteiger partial charge is 0.203 e. The molecule has 2 rings (SSSR count). The van der Waals surface area contributed by atoms with Crippen molar-refractivity contribution in [3.05, 3.63) is 52.0 Å². The predicted molar refractivity (Wildman–Crippen MR) is 88.7 cm³/mol. The molecule has 0 N–H and O–H groups in total. The molecular weight excluding hydrogens is 348 g/mol. The SMILES string of the molecule is COc1cc(Br)c(COCc2ccccc2)c(OC)c1OC. The van der Waals surface area contributed by atoms with E-state index >= 15 is 0 Å². The van der Waals surface area contributed by atoms with Gasteiger partial charge >= 0.3 is 0 Å². The third-order valence-corrected chi connectivity index (χ3v) is 3.94. The minimum Gasteiger partial charge on any atom is -0.493 e. The summed E-state index contributed by atoms with van der Waals surface area (Å²) < 4.78 is 22.8. The van der Waals surface area contributed by atoms with E-state index in [2.05, 4.69) is 15.9 Å². The van der Waals surface area contributed by atoms with Gasteiger partial charge in [-0.15, -0.1) is 0 Å². The monoisotopic (exact) mass is 366 g/mol. The number of halogens is 1. The van der Waals surface area contributed by atoms with Gasteiger partial charge in [0.1, 0.15) is 0 Å². The lowest BCUT2D eigenvalue weighted by Gasteiger charge is -2.17. The molecule has 2 aromatic rings. The Kier molecular flexibility index (Phi) is 6.10. The molecule has 118 valence electrons. The molecular formula is C17H19BrO4. The highest BCUT2D eigenvalue weighted by Gasteiger charge is 2.19. The van der Waals surface area contributed by atoms with Gasteiger partial charge in [-0.05, 0) is 11.6 Å². The maximum absolute atomic E-state index is 5.80. The van der Waals surface area contributed by atoms with Crippen LogP contribution in [-0.4, -0.2) is 21.3 Å². The Morgan fingerprint density at radius 3 is 2.14 bits per heavy atom. The van der Waals surface area contributed by atoms with Crippen molar-refractivity contribution < 1.29 is 18.9 Å². The number of rotatable bonds is 7. The van der Waals surface area contributed by atoms with E-state index in [-0.39, 0.29) is 0 Å². The first-order valence-corrected chi connectivity index (χ1v) is 7.59. The van der Waals surface area contributed by atoms with Gasteiger partial charge < -0.3 is 18.9 Å². The van der Waals surface area contributed by atoms with E-state index in [1.807, 2.05) is 36.4 Å². The summed E-state index contributed by atoms with van der Waals surface area (Å²) >= 11 is 3.53. The lowest BCUT2D eigenvalue weighted by Crippen LogP contribution is -2.02. The van der Waals surface area contributed by atoms with Crippen LogP contribution < -0.4 is 14.2 Å². The number of methoxy groups -OCH3 is 3. The zero-order valence-corrected chi connectivity index (χ0v) is 14.5. The molecule has 0 amide bonds. The highest BCUT2D eigenvalue weighted by atomic mass is 79.9.